The van der Waals surface area contributed by atoms with Gasteiger partial charge in [0.05, 0.1) is 38.0 Å². The van der Waals surface area contributed by atoms with Crippen LogP contribution in [0.5, 0.6) is 0 Å². The predicted molar refractivity (Wildman–Crippen MR) is 160 cm³/mol. The summed E-state index contributed by atoms with van der Waals surface area (Å²) in [5.74, 6) is -0.0590. The van der Waals surface area contributed by atoms with Crippen molar-refractivity contribution in [3.63, 3.8) is 0 Å². The average Bonchev–Trinajstić information content (AvgIpc) is 3.73. The van der Waals surface area contributed by atoms with Crippen LogP contribution in [0, 0.1) is 5.92 Å². The van der Waals surface area contributed by atoms with E-state index in [4.69, 9.17) is 41.8 Å². The number of anilines is 2. The SMILES string of the molecule is C[C@@H]1[C@@H]2NP(O)(=S)OC[C@H]3O[C@@H](n4cnc5c(N)ncnc54)[C@H](F)[C@@H]3NP(=O)(S)OC[C@H]2O[C@H]1n1cnc2c(N)ncnc21. The third-order valence-corrected chi connectivity index (χ3v) is 11.4. The van der Waals surface area contributed by atoms with E-state index in [0.717, 1.165) is 0 Å². The van der Waals surface area contributed by atoms with E-state index in [0.29, 0.717) is 11.2 Å². The van der Waals surface area contributed by atoms with Gasteiger partial charge in [-0.25, -0.2) is 44.5 Å². The Morgan fingerprint density at radius 1 is 0.932 bits per heavy atom. The summed E-state index contributed by atoms with van der Waals surface area (Å²) in [6.45, 7) is -6.49. The number of aromatic nitrogens is 8. The topological polar surface area (TPSA) is 238 Å². The van der Waals surface area contributed by atoms with Crippen LogP contribution in [-0.4, -0.2) is 87.6 Å². The monoisotopic (exact) mass is 688 g/mol. The number of nitrogen functional groups attached to an aromatic ring is 2. The number of nitrogens with one attached hydrogen (secondary N) is 2. The molecule has 4 aromatic heterocycles. The Morgan fingerprint density at radius 2 is 1.48 bits per heavy atom. The van der Waals surface area contributed by atoms with Gasteiger partial charge in [0.1, 0.15) is 42.1 Å². The molecule has 0 saturated carbocycles. The molecule has 3 aliphatic heterocycles. The maximum absolute atomic E-state index is 16.1. The van der Waals surface area contributed by atoms with Crippen molar-refractivity contribution in [2.24, 2.45) is 5.92 Å². The molecule has 44 heavy (non-hydrogen) atoms. The number of nitrogens with two attached hydrogens (primary N) is 2. The van der Waals surface area contributed by atoms with Gasteiger partial charge in [0.2, 0.25) is 0 Å². The lowest BCUT2D eigenvalue weighted by Gasteiger charge is -2.31. The molecule has 0 aromatic carbocycles. The van der Waals surface area contributed by atoms with Crippen molar-refractivity contribution in [2.45, 2.75) is 49.8 Å². The molecule has 10 atom stereocenters. The molecule has 3 fully saturated rings. The fourth-order valence-electron chi connectivity index (χ4n) is 5.72. The highest BCUT2D eigenvalue weighted by atomic mass is 32.7. The lowest BCUT2D eigenvalue weighted by atomic mass is 10.00. The van der Waals surface area contributed by atoms with Crippen LogP contribution in [-0.2, 0) is 34.9 Å². The minimum Gasteiger partial charge on any atom is -0.382 e. The molecule has 7 heterocycles. The molecule has 0 bridgehead atoms. The van der Waals surface area contributed by atoms with E-state index in [1.807, 2.05) is 6.92 Å². The number of rotatable bonds is 2. The van der Waals surface area contributed by atoms with Gasteiger partial charge >= 0.3 is 6.72 Å². The van der Waals surface area contributed by atoms with Crippen LogP contribution in [0.2, 0.25) is 0 Å². The largest absolute Gasteiger partial charge is 0.382 e. The third kappa shape index (κ3) is 5.28. The van der Waals surface area contributed by atoms with Crippen LogP contribution in [0.15, 0.2) is 25.3 Å². The molecular weight excluding hydrogens is 661 g/mol. The van der Waals surface area contributed by atoms with Gasteiger partial charge in [0.25, 0.3) is 6.64 Å². The van der Waals surface area contributed by atoms with E-state index < -0.39 is 56.3 Å². The Hall–Kier alpha value is -2.42. The van der Waals surface area contributed by atoms with Gasteiger partial charge in [-0.3, -0.25) is 13.7 Å². The molecule has 0 radical (unpaired) electrons. The minimum atomic E-state index is -3.98. The summed E-state index contributed by atoms with van der Waals surface area (Å²) >= 11 is 9.68. The van der Waals surface area contributed by atoms with Gasteiger partial charge in [-0.15, -0.1) is 0 Å². The first kappa shape index (κ1) is 30.2. The van der Waals surface area contributed by atoms with Crippen molar-refractivity contribution in [1.82, 2.24) is 49.2 Å². The van der Waals surface area contributed by atoms with Crippen LogP contribution >= 0.6 is 25.6 Å². The lowest BCUT2D eigenvalue weighted by Crippen LogP contribution is -2.45. The van der Waals surface area contributed by atoms with Crippen molar-refractivity contribution in [3.8, 4) is 0 Å². The zero-order chi connectivity index (χ0) is 31.0. The highest BCUT2D eigenvalue weighted by Crippen LogP contribution is 2.53. The molecule has 2 unspecified atom stereocenters. The Labute approximate surface area is 258 Å². The second-order valence-corrected chi connectivity index (χ2v) is 16.7. The normalized spacial score (nSPS) is 38.3. The van der Waals surface area contributed by atoms with Gasteiger partial charge in [0, 0.05) is 5.92 Å². The minimum absolute atomic E-state index is 0.110. The first-order chi connectivity index (χ1) is 20.9. The van der Waals surface area contributed by atoms with Crippen molar-refractivity contribution < 1.29 is 32.4 Å². The second kappa shape index (κ2) is 11.1. The molecule has 7 N–H and O–H groups in total. The molecule has 23 heteroatoms. The molecule has 4 aromatic rings. The summed E-state index contributed by atoms with van der Waals surface area (Å²) < 4.78 is 56.5. The fourth-order valence-corrected chi connectivity index (χ4v) is 9.17. The Bertz CT molecular complexity index is 1700. The van der Waals surface area contributed by atoms with Gasteiger partial charge < -0.3 is 34.9 Å². The van der Waals surface area contributed by atoms with Crippen LogP contribution in [0.3, 0.4) is 0 Å². The van der Waals surface area contributed by atoms with E-state index in [2.05, 4.69) is 52.3 Å². The van der Waals surface area contributed by atoms with E-state index in [1.165, 1.54) is 29.9 Å². The molecule has 0 spiro atoms. The number of nitrogens with zero attached hydrogens (tertiary/aromatic N) is 8. The number of fused-ring (bicyclic) bond motifs is 4. The summed E-state index contributed by atoms with van der Waals surface area (Å²) in [5.41, 5.74) is 13.1. The van der Waals surface area contributed by atoms with E-state index >= 15 is 4.39 Å². The van der Waals surface area contributed by atoms with Crippen LogP contribution < -0.4 is 21.6 Å². The number of alkyl halides is 1. The number of halogens is 1. The Kier molecular flexibility index (Phi) is 7.65. The zero-order valence-electron chi connectivity index (χ0n) is 22.7. The third-order valence-electron chi connectivity index (χ3n) is 7.84. The van der Waals surface area contributed by atoms with Crippen LogP contribution in [0.1, 0.15) is 19.4 Å². The first-order valence-electron chi connectivity index (χ1n) is 13.2. The van der Waals surface area contributed by atoms with Gasteiger partial charge in [-0.05, 0) is 11.8 Å². The molecule has 236 valence electrons. The number of thiol groups is 1. The maximum Gasteiger partial charge on any atom is 0.324 e. The second-order valence-electron chi connectivity index (χ2n) is 10.5. The number of ether oxygens (including phenoxy) is 2. The van der Waals surface area contributed by atoms with Crippen molar-refractivity contribution in [3.05, 3.63) is 25.3 Å². The summed E-state index contributed by atoms with van der Waals surface area (Å²) in [6, 6.07) is -1.91. The predicted octanol–water partition coefficient (Wildman–Crippen LogP) is 0.817. The maximum atomic E-state index is 16.1. The fraction of sp³-hybridized carbons (Fsp3) is 0.524. The molecule has 0 aliphatic carbocycles. The van der Waals surface area contributed by atoms with Gasteiger partial charge in [-0.2, -0.15) is 0 Å². The summed E-state index contributed by atoms with van der Waals surface area (Å²) in [6.07, 6.45) is -0.310. The summed E-state index contributed by atoms with van der Waals surface area (Å²) in [7, 11) is 0. The summed E-state index contributed by atoms with van der Waals surface area (Å²) in [5, 5.41) is 5.66. The molecular formula is C21H27FN12O6P2S2. The molecule has 7 rings (SSSR count). The van der Waals surface area contributed by atoms with Crippen molar-refractivity contribution in [2.75, 3.05) is 24.7 Å². The first-order valence-corrected chi connectivity index (χ1v) is 18.7. The van der Waals surface area contributed by atoms with Gasteiger partial charge in [0.15, 0.2) is 35.3 Å². The van der Waals surface area contributed by atoms with Crippen molar-refractivity contribution >= 4 is 71.4 Å². The molecule has 3 aliphatic rings. The lowest BCUT2D eigenvalue weighted by molar-refractivity contribution is -0.0340. The molecule has 3 saturated heterocycles. The quantitative estimate of drug-likeness (QED) is 0.126. The number of hydrogen-bond donors (Lipinski definition) is 6. The van der Waals surface area contributed by atoms with Crippen molar-refractivity contribution in [1.29, 1.82) is 0 Å². The smallest absolute Gasteiger partial charge is 0.324 e. The van der Waals surface area contributed by atoms with Gasteiger partial charge in [-0.1, -0.05) is 19.2 Å². The highest BCUT2D eigenvalue weighted by molar-refractivity contribution is 8.45. The summed E-state index contributed by atoms with van der Waals surface area (Å²) in [4.78, 5) is 36.0. The van der Waals surface area contributed by atoms with E-state index in [-0.39, 0.29) is 41.9 Å². The molecule has 0 amide bonds. The Morgan fingerprint density at radius 3 is 2.11 bits per heavy atom. The van der Waals surface area contributed by atoms with E-state index in [9.17, 15) is 9.46 Å². The average molecular weight is 689 g/mol. The highest BCUT2D eigenvalue weighted by Gasteiger charge is 2.51. The van der Waals surface area contributed by atoms with Crippen LogP contribution in [0.4, 0.5) is 16.0 Å². The standard InChI is InChI=1S/C21H27FN12O6P2S2/c1-8-12-9(39-20(8)33-6-29-14-16(23)25-4-27-18(14)33)2-37-42(36,44)32-13-10(3-38-41(35,43)31-12)40-21(11(13)22)34-7-30-15-17(24)26-5-28-19(15)34/h4-13,20-21H,2-3H2,1H3,(H2,23,25,27)(H2,24,26,28)(H2,31,35,43)(H2,32,36,44)/t8-,9-,10-,11-,12+,13-,20-,21-,41?,42?/m1/s1. The van der Waals surface area contributed by atoms with E-state index in [1.54, 1.807) is 4.57 Å². The molecule has 18 nitrogen and oxygen atoms in total. The Balaban J connectivity index is 1.17. The van der Waals surface area contributed by atoms with Crippen LogP contribution in [0.25, 0.3) is 22.3 Å². The zero-order valence-corrected chi connectivity index (χ0v) is 26.2. The number of hydrogen-bond acceptors (Lipinski definition) is 14. The number of imidazole rings is 2.